The molecule has 1 aromatic rings. The predicted octanol–water partition coefficient (Wildman–Crippen LogP) is 1.78. The fraction of sp³-hybridized carbons (Fsp3) is 0.222. The lowest BCUT2D eigenvalue weighted by molar-refractivity contribution is 0.0944. The first kappa shape index (κ1) is 11.9. The molecule has 76 valence electrons. The molecule has 0 saturated carbocycles. The Labute approximate surface area is 104 Å². The number of amides is 1. The Morgan fingerprint density at radius 3 is 2.93 bits per heavy atom. The summed E-state index contributed by atoms with van der Waals surface area (Å²) in [6.45, 7) is 0.226. The van der Waals surface area contributed by atoms with E-state index in [1.807, 2.05) is 12.1 Å². The molecule has 1 aromatic carbocycles. The predicted molar refractivity (Wildman–Crippen MR) is 66.3 cm³/mol. The molecular weight excluding hydrogens is 361 g/mol. The smallest absolute Gasteiger partial charge is 0.252 e. The molecule has 0 heterocycles. The topological polar surface area (TPSA) is 49.3 Å². The molecule has 0 aromatic heterocycles. The first-order valence-corrected chi connectivity index (χ1v) is 5.86. The van der Waals surface area contributed by atoms with Crippen molar-refractivity contribution in [2.45, 2.75) is 0 Å². The Morgan fingerprint density at radius 2 is 2.29 bits per heavy atom. The van der Waals surface area contributed by atoms with Crippen LogP contribution in [-0.2, 0) is 0 Å². The van der Waals surface area contributed by atoms with Gasteiger partial charge in [-0.2, -0.15) is 0 Å². The molecule has 0 saturated heterocycles. The van der Waals surface area contributed by atoms with Crippen molar-refractivity contribution in [1.29, 1.82) is 0 Å². The van der Waals surface area contributed by atoms with E-state index >= 15 is 0 Å². The number of nitrogens with one attached hydrogen (secondary N) is 1. The van der Waals surface area contributed by atoms with Gasteiger partial charge in [0.15, 0.2) is 0 Å². The highest BCUT2D eigenvalue weighted by Crippen LogP contribution is 2.19. The number of benzene rings is 1. The average molecular weight is 370 g/mol. The van der Waals surface area contributed by atoms with E-state index in [1.165, 1.54) is 0 Å². The van der Waals surface area contributed by atoms with Crippen LogP contribution in [0.5, 0.6) is 0 Å². The van der Waals surface area contributed by atoms with Crippen LogP contribution in [0, 0.1) is 3.57 Å². The Morgan fingerprint density at radius 1 is 1.57 bits per heavy atom. The molecule has 0 atom stereocenters. The number of aliphatic hydroxyl groups is 1. The van der Waals surface area contributed by atoms with Crippen molar-refractivity contribution in [2.75, 3.05) is 13.2 Å². The molecule has 0 aliphatic rings. The van der Waals surface area contributed by atoms with Crippen molar-refractivity contribution in [3.8, 4) is 0 Å². The fourth-order valence-corrected chi connectivity index (χ4v) is 1.85. The van der Waals surface area contributed by atoms with Crippen LogP contribution in [0.3, 0.4) is 0 Å². The highest BCUT2D eigenvalue weighted by atomic mass is 127. The second-order valence-electron chi connectivity index (χ2n) is 2.60. The maximum absolute atomic E-state index is 11.5. The summed E-state index contributed by atoms with van der Waals surface area (Å²) < 4.78 is 1.76. The lowest BCUT2D eigenvalue weighted by atomic mass is 10.2. The normalized spacial score (nSPS) is 9.93. The van der Waals surface area contributed by atoms with Crippen LogP contribution in [0.25, 0.3) is 0 Å². The SMILES string of the molecule is O=C(NCCO)c1cc(I)ccc1Br. The van der Waals surface area contributed by atoms with Crippen molar-refractivity contribution in [1.82, 2.24) is 5.32 Å². The van der Waals surface area contributed by atoms with Crippen LogP contribution in [0.1, 0.15) is 10.4 Å². The Balaban J connectivity index is 2.83. The van der Waals surface area contributed by atoms with Crippen LogP contribution < -0.4 is 5.32 Å². The maximum atomic E-state index is 11.5. The van der Waals surface area contributed by atoms with Gasteiger partial charge in [-0.1, -0.05) is 0 Å². The molecule has 0 fully saturated rings. The number of rotatable bonds is 3. The Hall–Kier alpha value is -0.140. The lowest BCUT2D eigenvalue weighted by Crippen LogP contribution is -2.26. The standard InChI is InChI=1S/C9H9BrINO2/c10-8-2-1-6(11)5-7(8)9(14)12-3-4-13/h1-2,5,13H,3-4H2,(H,12,14). The fourth-order valence-electron chi connectivity index (χ4n) is 0.936. The highest BCUT2D eigenvalue weighted by molar-refractivity contribution is 14.1. The third kappa shape index (κ3) is 3.21. The van der Waals surface area contributed by atoms with Gasteiger partial charge in [0.2, 0.25) is 0 Å². The van der Waals surface area contributed by atoms with Crippen molar-refractivity contribution in [3.05, 3.63) is 31.8 Å². The van der Waals surface area contributed by atoms with E-state index < -0.39 is 0 Å². The summed E-state index contributed by atoms with van der Waals surface area (Å²) in [6, 6.07) is 5.53. The van der Waals surface area contributed by atoms with Crippen molar-refractivity contribution < 1.29 is 9.90 Å². The molecule has 1 amide bonds. The van der Waals surface area contributed by atoms with Crippen molar-refractivity contribution in [3.63, 3.8) is 0 Å². The molecular formula is C9H9BrINO2. The van der Waals surface area contributed by atoms with Gasteiger partial charge < -0.3 is 10.4 Å². The number of carbonyl (C=O) groups is 1. The summed E-state index contributed by atoms with van der Waals surface area (Å²) >= 11 is 5.44. The largest absolute Gasteiger partial charge is 0.395 e. The molecule has 0 spiro atoms. The zero-order valence-electron chi connectivity index (χ0n) is 7.26. The number of hydrogen-bond donors (Lipinski definition) is 2. The van der Waals surface area contributed by atoms with E-state index in [4.69, 9.17) is 5.11 Å². The molecule has 2 N–H and O–H groups in total. The number of halogens is 2. The van der Waals surface area contributed by atoms with Gasteiger partial charge in [-0.3, -0.25) is 4.79 Å². The summed E-state index contributed by atoms with van der Waals surface area (Å²) in [5.41, 5.74) is 0.588. The molecule has 14 heavy (non-hydrogen) atoms. The number of hydrogen-bond acceptors (Lipinski definition) is 2. The maximum Gasteiger partial charge on any atom is 0.252 e. The van der Waals surface area contributed by atoms with Gasteiger partial charge in [0.1, 0.15) is 0 Å². The van der Waals surface area contributed by atoms with E-state index in [-0.39, 0.29) is 19.1 Å². The molecule has 0 aliphatic heterocycles. The number of aliphatic hydroxyl groups excluding tert-OH is 1. The molecule has 0 unspecified atom stereocenters. The van der Waals surface area contributed by atoms with E-state index in [2.05, 4.69) is 43.8 Å². The summed E-state index contributed by atoms with van der Waals surface area (Å²) in [7, 11) is 0. The first-order valence-electron chi connectivity index (χ1n) is 3.99. The van der Waals surface area contributed by atoms with E-state index in [0.29, 0.717) is 5.56 Å². The minimum atomic E-state index is -0.176. The first-order chi connectivity index (χ1) is 6.65. The highest BCUT2D eigenvalue weighted by Gasteiger charge is 2.09. The average Bonchev–Trinajstić information content (AvgIpc) is 2.18. The molecule has 0 bridgehead atoms. The van der Waals surface area contributed by atoms with Crippen LogP contribution in [-0.4, -0.2) is 24.2 Å². The van der Waals surface area contributed by atoms with Crippen LogP contribution in [0.15, 0.2) is 22.7 Å². The monoisotopic (exact) mass is 369 g/mol. The summed E-state index contributed by atoms with van der Waals surface area (Å²) in [6.07, 6.45) is 0. The summed E-state index contributed by atoms with van der Waals surface area (Å²) in [4.78, 5) is 11.5. The quantitative estimate of drug-likeness (QED) is 0.798. The van der Waals surface area contributed by atoms with Gasteiger partial charge in [0, 0.05) is 14.6 Å². The second-order valence-corrected chi connectivity index (χ2v) is 4.70. The molecule has 0 aliphatic carbocycles. The third-order valence-electron chi connectivity index (χ3n) is 1.57. The van der Waals surface area contributed by atoms with E-state index in [0.717, 1.165) is 8.04 Å². The van der Waals surface area contributed by atoms with Gasteiger partial charge in [0.05, 0.1) is 12.2 Å². The molecule has 5 heteroatoms. The number of carbonyl (C=O) groups excluding carboxylic acids is 1. The van der Waals surface area contributed by atoms with Gasteiger partial charge in [0.25, 0.3) is 5.91 Å². The minimum Gasteiger partial charge on any atom is -0.395 e. The van der Waals surface area contributed by atoms with Crippen LogP contribution >= 0.6 is 38.5 Å². The molecule has 1 rings (SSSR count). The van der Waals surface area contributed by atoms with Gasteiger partial charge in [-0.15, -0.1) is 0 Å². The van der Waals surface area contributed by atoms with Crippen LogP contribution in [0.2, 0.25) is 0 Å². The molecule has 3 nitrogen and oxygen atoms in total. The van der Waals surface area contributed by atoms with Gasteiger partial charge in [-0.25, -0.2) is 0 Å². The Kier molecular flexibility index (Phi) is 4.83. The Bertz CT molecular complexity index is 344. The van der Waals surface area contributed by atoms with Gasteiger partial charge >= 0.3 is 0 Å². The van der Waals surface area contributed by atoms with Gasteiger partial charge in [-0.05, 0) is 56.7 Å². The molecule has 0 radical (unpaired) electrons. The summed E-state index contributed by atoms with van der Waals surface area (Å²) in [5.74, 6) is -0.176. The zero-order valence-corrected chi connectivity index (χ0v) is 11.0. The van der Waals surface area contributed by atoms with Crippen molar-refractivity contribution in [2.24, 2.45) is 0 Å². The van der Waals surface area contributed by atoms with E-state index in [1.54, 1.807) is 6.07 Å². The second kappa shape index (κ2) is 5.67. The third-order valence-corrected chi connectivity index (χ3v) is 2.93. The minimum absolute atomic E-state index is 0.0483. The summed E-state index contributed by atoms with van der Waals surface area (Å²) in [5, 5.41) is 11.2. The van der Waals surface area contributed by atoms with Crippen LogP contribution in [0.4, 0.5) is 0 Å². The van der Waals surface area contributed by atoms with E-state index in [9.17, 15) is 4.79 Å². The lowest BCUT2D eigenvalue weighted by Gasteiger charge is -2.05. The zero-order chi connectivity index (χ0) is 10.6. The van der Waals surface area contributed by atoms with Crippen molar-refractivity contribution >= 4 is 44.4 Å².